The summed E-state index contributed by atoms with van der Waals surface area (Å²) in [5, 5.41) is 10.4. The first-order valence-electron chi connectivity index (χ1n) is 8.52. The van der Waals surface area contributed by atoms with Crippen molar-refractivity contribution >= 4 is 17.4 Å². The summed E-state index contributed by atoms with van der Waals surface area (Å²) in [5.74, 6) is -0.720. The number of aliphatic hydroxyl groups excluding tert-OH is 1. The third-order valence-corrected chi connectivity index (χ3v) is 4.22. The van der Waals surface area contributed by atoms with Crippen molar-refractivity contribution in [2.45, 2.75) is 26.3 Å². The Morgan fingerprint density at radius 3 is 2.50 bits per heavy atom. The molecule has 1 aromatic carbocycles. The Balaban J connectivity index is 2.08. The normalized spacial score (nSPS) is 16.9. The Hall–Kier alpha value is -3.15. The predicted molar refractivity (Wildman–Crippen MR) is 97.0 cm³/mol. The number of ether oxygens (including phenoxy) is 1. The van der Waals surface area contributed by atoms with Crippen LogP contribution in [-0.4, -0.2) is 28.4 Å². The van der Waals surface area contributed by atoms with Crippen LogP contribution in [-0.2, 0) is 9.59 Å². The molecule has 0 radical (unpaired) electrons. The fourth-order valence-corrected chi connectivity index (χ4v) is 3.03. The van der Waals surface area contributed by atoms with E-state index in [1.807, 2.05) is 6.92 Å². The van der Waals surface area contributed by atoms with Gasteiger partial charge in [0.05, 0.1) is 17.9 Å². The van der Waals surface area contributed by atoms with Gasteiger partial charge in [0, 0.05) is 18.3 Å². The van der Waals surface area contributed by atoms with Crippen LogP contribution in [0, 0.1) is 0 Å². The molecule has 1 N–H and O–H groups in total. The Morgan fingerprint density at radius 2 is 1.92 bits per heavy atom. The van der Waals surface area contributed by atoms with Gasteiger partial charge in [0.15, 0.2) is 11.5 Å². The van der Waals surface area contributed by atoms with Gasteiger partial charge in [-0.2, -0.15) is 0 Å². The van der Waals surface area contributed by atoms with Gasteiger partial charge in [0.25, 0.3) is 5.91 Å². The zero-order valence-electron chi connectivity index (χ0n) is 14.7. The number of ketones is 1. The molecular formula is C20H20N2O4. The van der Waals surface area contributed by atoms with Gasteiger partial charge in [-0.15, -0.1) is 0 Å². The SMILES string of the molecule is CCOc1ccc(N2C(=O)C(O)=C(C(=O)CC)C2c2ccccn2)cc1. The molecule has 1 aliphatic rings. The van der Waals surface area contributed by atoms with E-state index in [9.17, 15) is 14.7 Å². The quantitative estimate of drug-likeness (QED) is 0.862. The molecule has 0 bridgehead atoms. The third-order valence-electron chi connectivity index (χ3n) is 4.22. The molecule has 0 fully saturated rings. The molecule has 6 nitrogen and oxygen atoms in total. The van der Waals surface area contributed by atoms with E-state index in [-0.39, 0.29) is 17.8 Å². The minimum Gasteiger partial charge on any atom is -0.503 e. The lowest BCUT2D eigenvalue weighted by Crippen LogP contribution is -2.31. The van der Waals surface area contributed by atoms with E-state index < -0.39 is 17.7 Å². The van der Waals surface area contributed by atoms with E-state index in [4.69, 9.17) is 4.74 Å². The second-order valence-electron chi connectivity index (χ2n) is 5.80. The second kappa shape index (κ2) is 7.39. The summed E-state index contributed by atoms with van der Waals surface area (Å²) in [5.41, 5.74) is 1.17. The van der Waals surface area contributed by atoms with Gasteiger partial charge >= 0.3 is 0 Å². The number of carbonyl (C=O) groups excluding carboxylic acids is 2. The Bertz CT molecular complexity index is 844. The number of benzene rings is 1. The lowest BCUT2D eigenvalue weighted by Gasteiger charge is -2.26. The number of carbonyl (C=O) groups is 2. The summed E-state index contributed by atoms with van der Waals surface area (Å²) in [4.78, 5) is 30.9. The molecule has 3 rings (SSSR count). The number of Topliss-reactive ketones (excluding diaryl/α,β-unsaturated/α-hetero) is 1. The highest BCUT2D eigenvalue weighted by molar-refractivity contribution is 6.16. The van der Waals surface area contributed by atoms with Crippen LogP contribution in [0.1, 0.15) is 32.0 Å². The van der Waals surface area contributed by atoms with Crippen LogP contribution < -0.4 is 9.64 Å². The molecule has 2 heterocycles. The van der Waals surface area contributed by atoms with Crippen molar-refractivity contribution in [2.75, 3.05) is 11.5 Å². The van der Waals surface area contributed by atoms with Gasteiger partial charge in [-0.05, 0) is 43.3 Å². The number of rotatable bonds is 6. The highest BCUT2D eigenvalue weighted by atomic mass is 16.5. The monoisotopic (exact) mass is 352 g/mol. The third kappa shape index (κ3) is 3.06. The van der Waals surface area contributed by atoms with Crippen molar-refractivity contribution in [3.05, 3.63) is 65.7 Å². The second-order valence-corrected chi connectivity index (χ2v) is 5.80. The molecule has 0 saturated carbocycles. The Kier molecular flexibility index (Phi) is 5.02. The number of hydrogen-bond acceptors (Lipinski definition) is 5. The number of pyridine rings is 1. The van der Waals surface area contributed by atoms with Crippen LogP contribution in [0.2, 0.25) is 0 Å². The van der Waals surface area contributed by atoms with E-state index in [1.54, 1.807) is 55.6 Å². The van der Waals surface area contributed by atoms with Crippen LogP contribution in [0.25, 0.3) is 0 Å². The van der Waals surface area contributed by atoms with E-state index in [2.05, 4.69) is 4.98 Å². The average molecular weight is 352 g/mol. The molecule has 0 aliphatic carbocycles. The highest BCUT2D eigenvalue weighted by Gasteiger charge is 2.44. The molecule has 1 aliphatic heterocycles. The standard InChI is InChI=1S/C20H20N2O4/c1-3-16(23)17-18(15-7-5-6-12-21-15)22(20(25)19(17)24)13-8-10-14(11-9-13)26-4-2/h5-12,18,24H,3-4H2,1-2H3. The molecule has 1 unspecified atom stereocenters. The Labute approximate surface area is 151 Å². The van der Waals surface area contributed by atoms with E-state index >= 15 is 0 Å². The molecule has 26 heavy (non-hydrogen) atoms. The summed E-state index contributed by atoms with van der Waals surface area (Å²) in [7, 11) is 0. The first-order valence-corrected chi connectivity index (χ1v) is 8.52. The van der Waals surface area contributed by atoms with Crippen LogP contribution in [0.15, 0.2) is 60.0 Å². The lowest BCUT2D eigenvalue weighted by atomic mass is 9.98. The number of anilines is 1. The largest absolute Gasteiger partial charge is 0.503 e. The Morgan fingerprint density at radius 1 is 1.19 bits per heavy atom. The van der Waals surface area contributed by atoms with Crippen LogP contribution in [0.4, 0.5) is 5.69 Å². The fraction of sp³-hybridized carbons (Fsp3) is 0.250. The first-order chi connectivity index (χ1) is 12.6. The molecule has 0 saturated heterocycles. The maximum absolute atomic E-state index is 12.7. The van der Waals surface area contributed by atoms with Crippen molar-refractivity contribution in [3.63, 3.8) is 0 Å². The average Bonchev–Trinajstić information content (AvgIpc) is 2.94. The molecular weight excluding hydrogens is 332 g/mol. The number of nitrogens with zero attached hydrogens (tertiary/aromatic N) is 2. The lowest BCUT2D eigenvalue weighted by molar-refractivity contribution is -0.118. The van der Waals surface area contributed by atoms with E-state index in [0.717, 1.165) is 0 Å². The summed E-state index contributed by atoms with van der Waals surface area (Å²) < 4.78 is 5.43. The summed E-state index contributed by atoms with van der Waals surface area (Å²) in [6, 6.07) is 11.5. The van der Waals surface area contributed by atoms with Gasteiger partial charge in [-0.1, -0.05) is 13.0 Å². The molecule has 2 aromatic rings. The van der Waals surface area contributed by atoms with Gasteiger partial charge in [0.2, 0.25) is 0 Å². The molecule has 1 atom stereocenters. The van der Waals surface area contributed by atoms with Crippen LogP contribution in [0.5, 0.6) is 5.75 Å². The van der Waals surface area contributed by atoms with Crippen LogP contribution >= 0.6 is 0 Å². The van der Waals surface area contributed by atoms with E-state index in [0.29, 0.717) is 23.7 Å². The summed E-state index contributed by atoms with van der Waals surface area (Å²) >= 11 is 0. The zero-order chi connectivity index (χ0) is 18.7. The smallest absolute Gasteiger partial charge is 0.294 e. The maximum atomic E-state index is 12.7. The number of aliphatic hydroxyl groups is 1. The highest BCUT2D eigenvalue weighted by Crippen LogP contribution is 2.40. The minimum atomic E-state index is -0.755. The molecule has 134 valence electrons. The maximum Gasteiger partial charge on any atom is 0.294 e. The fourth-order valence-electron chi connectivity index (χ4n) is 3.03. The van der Waals surface area contributed by atoms with Crippen molar-refractivity contribution in [3.8, 4) is 5.75 Å². The van der Waals surface area contributed by atoms with Crippen molar-refractivity contribution < 1.29 is 19.4 Å². The van der Waals surface area contributed by atoms with Gasteiger partial charge in [-0.3, -0.25) is 19.5 Å². The molecule has 6 heteroatoms. The summed E-state index contributed by atoms with van der Waals surface area (Å²) in [6.45, 7) is 4.12. The number of amides is 1. The molecule has 1 aromatic heterocycles. The number of aromatic nitrogens is 1. The van der Waals surface area contributed by atoms with Gasteiger partial charge in [-0.25, -0.2) is 0 Å². The van der Waals surface area contributed by atoms with E-state index in [1.165, 1.54) is 4.90 Å². The van der Waals surface area contributed by atoms with Crippen molar-refractivity contribution in [2.24, 2.45) is 0 Å². The number of hydrogen-bond donors (Lipinski definition) is 1. The van der Waals surface area contributed by atoms with Crippen LogP contribution in [0.3, 0.4) is 0 Å². The van der Waals surface area contributed by atoms with Gasteiger partial charge in [0.1, 0.15) is 11.8 Å². The summed E-state index contributed by atoms with van der Waals surface area (Å²) in [6.07, 6.45) is 1.78. The first kappa shape index (κ1) is 17.7. The van der Waals surface area contributed by atoms with Gasteiger partial charge < -0.3 is 9.84 Å². The zero-order valence-corrected chi connectivity index (χ0v) is 14.7. The minimum absolute atomic E-state index is 0.0880. The predicted octanol–water partition coefficient (Wildman–Crippen LogP) is 3.36. The molecule has 0 spiro atoms. The molecule has 1 amide bonds. The van der Waals surface area contributed by atoms with Crippen molar-refractivity contribution in [1.29, 1.82) is 0 Å². The topological polar surface area (TPSA) is 79.7 Å². The van der Waals surface area contributed by atoms with Crippen molar-refractivity contribution in [1.82, 2.24) is 4.98 Å².